The van der Waals surface area contributed by atoms with Crippen LogP contribution in [0.2, 0.25) is 0 Å². The van der Waals surface area contributed by atoms with Crippen molar-refractivity contribution in [3.05, 3.63) is 84.4 Å². The number of sulfonamides is 1. The second-order valence-corrected chi connectivity index (χ2v) is 10.1. The van der Waals surface area contributed by atoms with E-state index in [-0.39, 0.29) is 17.3 Å². The molecule has 176 valence electrons. The van der Waals surface area contributed by atoms with E-state index in [1.54, 1.807) is 24.3 Å². The highest BCUT2D eigenvalue weighted by molar-refractivity contribution is 7.89. The normalized spacial score (nSPS) is 16.6. The van der Waals surface area contributed by atoms with Crippen molar-refractivity contribution in [1.29, 1.82) is 0 Å². The van der Waals surface area contributed by atoms with Crippen LogP contribution in [0.3, 0.4) is 0 Å². The molecule has 1 saturated heterocycles. The predicted molar refractivity (Wildman–Crippen MR) is 130 cm³/mol. The number of carbonyl (C=O) groups excluding carboxylic acids is 2. The molecule has 4 rings (SSSR count). The molecule has 1 atom stereocenters. The van der Waals surface area contributed by atoms with E-state index in [1.165, 1.54) is 23.5 Å². The molecule has 7 nitrogen and oxygen atoms in total. The van der Waals surface area contributed by atoms with Crippen LogP contribution in [0.15, 0.2) is 83.8 Å². The first kappa shape index (κ1) is 23.7. The Hall–Kier alpha value is -3.49. The Morgan fingerprint density at radius 2 is 1.56 bits per heavy atom. The van der Waals surface area contributed by atoms with Crippen molar-refractivity contribution >= 4 is 27.6 Å². The van der Waals surface area contributed by atoms with Gasteiger partial charge in [-0.25, -0.2) is 8.42 Å². The van der Waals surface area contributed by atoms with Crippen LogP contribution in [0.5, 0.6) is 0 Å². The number of piperidine rings is 1. The minimum absolute atomic E-state index is 0.104. The number of methoxy groups -OCH3 is 1. The molecule has 0 saturated carbocycles. The van der Waals surface area contributed by atoms with Crippen LogP contribution in [-0.4, -0.2) is 44.8 Å². The van der Waals surface area contributed by atoms with Crippen LogP contribution in [-0.2, 0) is 19.6 Å². The van der Waals surface area contributed by atoms with Gasteiger partial charge in [0.1, 0.15) is 0 Å². The lowest BCUT2D eigenvalue weighted by Crippen LogP contribution is -2.42. The molecule has 1 amide bonds. The van der Waals surface area contributed by atoms with Crippen LogP contribution in [0.1, 0.15) is 23.2 Å². The van der Waals surface area contributed by atoms with Crippen molar-refractivity contribution in [3.63, 3.8) is 0 Å². The molecule has 0 spiro atoms. The molecule has 1 N–H and O–H groups in total. The first-order chi connectivity index (χ1) is 16.4. The van der Waals surface area contributed by atoms with Gasteiger partial charge in [-0.3, -0.25) is 9.59 Å². The summed E-state index contributed by atoms with van der Waals surface area (Å²) in [5.74, 6) is -1.14. The molecule has 1 aliphatic heterocycles. The molecule has 0 bridgehead atoms. The maximum absolute atomic E-state index is 13.0. The zero-order valence-corrected chi connectivity index (χ0v) is 19.6. The summed E-state index contributed by atoms with van der Waals surface area (Å²) in [5.41, 5.74) is 3.07. The summed E-state index contributed by atoms with van der Waals surface area (Å²) in [4.78, 5) is 24.6. The van der Waals surface area contributed by atoms with Gasteiger partial charge in [0.2, 0.25) is 10.0 Å². The van der Waals surface area contributed by atoms with Crippen LogP contribution in [0.25, 0.3) is 11.1 Å². The van der Waals surface area contributed by atoms with Crippen molar-refractivity contribution < 1.29 is 22.7 Å². The standard InChI is InChI=1S/C26H26N2O5S/c1-33-26(30)22-8-5-17-28(18-22)34(31,32)24-15-13-23(14-16-24)27-25(29)21-11-9-20(10-12-21)19-6-3-2-4-7-19/h2-4,6-7,9-16,22H,5,8,17-18H2,1H3,(H,27,29)/t22-/m1/s1. The summed E-state index contributed by atoms with van der Waals surface area (Å²) in [6.07, 6.45) is 1.20. The summed E-state index contributed by atoms with van der Waals surface area (Å²) in [5, 5.41) is 2.80. The second kappa shape index (κ2) is 10.2. The third-order valence-corrected chi connectivity index (χ3v) is 7.80. The number of esters is 1. The van der Waals surface area contributed by atoms with Crippen LogP contribution in [0, 0.1) is 5.92 Å². The molecule has 3 aromatic rings. The molecule has 0 radical (unpaired) electrons. The number of hydrogen-bond acceptors (Lipinski definition) is 5. The molecule has 1 heterocycles. The molecule has 1 fully saturated rings. The smallest absolute Gasteiger partial charge is 0.309 e. The van der Waals surface area contributed by atoms with E-state index in [4.69, 9.17) is 4.74 Å². The Labute approximate surface area is 199 Å². The first-order valence-electron chi connectivity index (χ1n) is 11.0. The molecule has 8 heteroatoms. The van der Waals surface area contributed by atoms with Crippen LogP contribution >= 0.6 is 0 Å². The van der Waals surface area contributed by atoms with E-state index in [1.807, 2.05) is 42.5 Å². The number of ether oxygens (including phenoxy) is 1. The Bertz CT molecular complexity index is 1260. The molecule has 1 aliphatic rings. The number of nitrogens with one attached hydrogen (secondary N) is 1. The number of hydrogen-bond donors (Lipinski definition) is 1. The van der Waals surface area contributed by atoms with Gasteiger partial charge >= 0.3 is 5.97 Å². The number of amides is 1. The molecular weight excluding hydrogens is 452 g/mol. The van der Waals surface area contributed by atoms with E-state index >= 15 is 0 Å². The Balaban J connectivity index is 1.42. The maximum Gasteiger partial charge on any atom is 0.309 e. The van der Waals surface area contributed by atoms with Gasteiger partial charge in [-0.15, -0.1) is 0 Å². The molecule has 3 aromatic carbocycles. The summed E-state index contributed by atoms with van der Waals surface area (Å²) < 4.78 is 32.2. The maximum atomic E-state index is 13.0. The average molecular weight is 479 g/mol. The Kier molecular flexibility index (Phi) is 7.09. The van der Waals surface area contributed by atoms with E-state index in [0.29, 0.717) is 30.6 Å². The van der Waals surface area contributed by atoms with Crippen molar-refractivity contribution in [2.24, 2.45) is 5.92 Å². The molecule has 0 aliphatic carbocycles. The number of anilines is 1. The molecule has 0 unspecified atom stereocenters. The quantitative estimate of drug-likeness (QED) is 0.537. The van der Waals surface area contributed by atoms with Crippen molar-refractivity contribution in [1.82, 2.24) is 4.31 Å². The summed E-state index contributed by atoms with van der Waals surface area (Å²) >= 11 is 0. The number of carbonyl (C=O) groups is 2. The Morgan fingerprint density at radius 3 is 2.21 bits per heavy atom. The van der Waals surface area contributed by atoms with Gasteiger partial charge in [-0.2, -0.15) is 4.31 Å². The lowest BCUT2D eigenvalue weighted by atomic mass is 10.0. The zero-order valence-electron chi connectivity index (χ0n) is 18.8. The third kappa shape index (κ3) is 5.18. The summed E-state index contributed by atoms with van der Waals surface area (Å²) in [7, 11) is -2.45. The topological polar surface area (TPSA) is 92.8 Å². The molecule has 34 heavy (non-hydrogen) atoms. The molecule has 0 aromatic heterocycles. The van der Waals surface area contributed by atoms with E-state index in [0.717, 1.165) is 11.1 Å². The minimum Gasteiger partial charge on any atom is -0.469 e. The van der Waals surface area contributed by atoms with E-state index in [9.17, 15) is 18.0 Å². The van der Waals surface area contributed by atoms with E-state index < -0.39 is 21.9 Å². The van der Waals surface area contributed by atoms with Crippen LogP contribution < -0.4 is 5.32 Å². The first-order valence-corrected chi connectivity index (χ1v) is 12.5. The highest BCUT2D eigenvalue weighted by Gasteiger charge is 2.33. The van der Waals surface area contributed by atoms with Crippen LogP contribution in [0.4, 0.5) is 5.69 Å². The lowest BCUT2D eigenvalue weighted by molar-refractivity contribution is -0.146. The van der Waals surface area contributed by atoms with Gasteiger partial charge in [0.25, 0.3) is 5.91 Å². The van der Waals surface area contributed by atoms with Gasteiger partial charge in [0.05, 0.1) is 17.9 Å². The largest absolute Gasteiger partial charge is 0.469 e. The van der Waals surface area contributed by atoms with Crippen molar-refractivity contribution in [2.45, 2.75) is 17.7 Å². The number of nitrogens with zero attached hydrogens (tertiary/aromatic N) is 1. The highest BCUT2D eigenvalue weighted by atomic mass is 32.2. The predicted octanol–water partition coefficient (Wildman–Crippen LogP) is 4.18. The molecular formula is C26H26N2O5S. The highest BCUT2D eigenvalue weighted by Crippen LogP contribution is 2.26. The van der Waals surface area contributed by atoms with Gasteiger partial charge in [0.15, 0.2) is 0 Å². The monoisotopic (exact) mass is 478 g/mol. The summed E-state index contributed by atoms with van der Waals surface area (Å²) in [6, 6.07) is 23.2. The van der Waals surface area contributed by atoms with Crippen molar-refractivity contribution in [3.8, 4) is 11.1 Å². The fourth-order valence-corrected chi connectivity index (χ4v) is 5.55. The average Bonchev–Trinajstić information content (AvgIpc) is 2.89. The van der Waals surface area contributed by atoms with E-state index in [2.05, 4.69) is 5.32 Å². The van der Waals surface area contributed by atoms with Gasteiger partial charge in [0, 0.05) is 24.3 Å². The van der Waals surface area contributed by atoms with Gasteiger partial charge in [-0.05, 0) is 60.4 Å². The second-order valence-electron chi connectivity index (χ2n) is 8.15. The number of rotatable bonds is 6. The number of benzene rings is 3. The minimum atomic E-state index is -3.75. The lowest BCUT2D eigenvalue weighted by Gasteiger charge is -2.30. The fourth-order valence-electron chi connectivity index (χ4n) is 4.03. The zero-order chi connectivity index (χ0) is 24.1. The third-order valence-electron chi connectivity index (χ3n) is 5.92. The summed E-state index contributed by atoms with van der Waals surface area (Å²) in [6.45, 7) is 0.458. The SMILES string of the molecule is COC(=O)[C@@H]1CCCN(S(=O)(=O)c2ccc(NC(=O)c3ccc(-c4ccccc4)cc3)cc2)C1. The van der Waals surface area contributed by atoms with Gasteiger partial charge < -0.3 is 10.1 Å². The Morgan fingerprint density at radius 1 is 0.912 bits per heavy atom. The van der Waals surface area contributed by atoms with Gasteiger partial charge in [-0.1, -0.05) is 42.5 Å². The van der Waals surface area contributed by atoms with Crippen molar-refractivity contribution in [2.75, 3.05) is 25.5 Å². The fraction of sp³-hybridized carbons (Fsp3) is 0.231.